The summed E-state index contributed by atoms with van der Waals surface area (Å²) in [6.45, 7) is 3.88. The zero-order valence-electron chi connectivity index (χ0n) is 14.4. The predicted molar refractivity (Wildman–Crippen MR) is 106 cm³/mol. The van der Waals surface area contributed by atoms with Crippen LogP contribution in [0.4, 0.5) is 0 Å². The fourth-order valence-electron chi connectivity index (χ4n) is 3.83. The first-order valence-electron chi connectivity index (χ1n) is 8.58. The molecular weight excluding hydrogens is 391 g/mol. The Morgan fingerprint density at radius 1 is 1.31 bits per heavy atom. The molecule has 0 amide bonds. The first kappa shape index (κ1) is 18.1. The molecule has 2 aliphatic rings. The van der Waals surface area contributed by atoms with Crippen molar-refractivity contribution in [1.82, 2.24) is 0 Å². The maximum Gasteiger partial charge on any atom is 0.195 e. The summed E-state index contributed by atoms with van der Waals surface area (Å²) in [6.07, 6.45) is 1.57. The number of carbonyl (C=O) groups excluding carboxylic acids is 1. The van der Waals surface area contributed by atoms with Gasteiger partial charge in [-0.05, 0) is 48.9 Å². The SMILES string of the molecule is CCc1cc(-c2cc(Cl)sc2Cl)ccc1C1=C(O)C2(C)CCC(O2)C1=O. The number of hydrogen-bond donors (Lipinski definition) is 1. The molecule has 3 nitrogen and oxygen atoms in total. The average Bonchev–Trinajstić information content (AvgIpc) is 3.15. The first-order chi connectivity index (χ1) is 12.3. The van der Waals surface area contributed by atoms with Crippen molar-refractivity contribution in [2.75, 3.05) is 0 Å². The Balaban J connectivity index is 1.85. The van der Waals surface area contributed by atoms with Crippen LogP contribution in [0.3, 0.4) is 0 Å². The van der Waals surface area contributed by atoms with Crippen LogP contribution in [-0.2, 0) is 16.0 Å². The van der Waals surface area contributed by atoms with Gasteiger partial charge >= 0.3 is 0 Å². The summed E-state index contributed by atoms with van der Waals surface area (Å²) in [4.78, 5) is 12.8. The van der Waals surface area contributed by atoms with Gasteiger partial charge in [0, 0.05) is 5.56 Å². The molecule has 3 heterocycles. The zero-order valence-corrected chi connectivity index (χ0v) is 16.8. The van der Waals surface area contributed by atoms with Crippen LogP contribution in [0.25, 0.3) is 16.7 Å². The molecule has 2 atom stereocenters. The molecule has 2 aliphatic heterocycles. The number of aryl methyl sites for hydroxylation is 1. The van der Waals surface area contributed by atoms with Crippen LogP contribution in [0.5, 0.6) is 0 Å². The van der Waals surface area contributed by atoms with Crippen molar-refractivity contribution in [2.45, 2.75) is 44.8 Å². The number of ketones is 1. The number of ether oxygens (including phenoxy) is 1. The monoisotopic (exact) mass is 408 g/mol. The van der Waals surface area contributed by atoms with E-state index in [2.05, 4.69) is 0 Å². The number of Topliss-reactive ketones (excluding diaryl/α,β-unsaturated/α-hetero) is 1. The largest absolute Gasteiger partial charge is 0.508 e. The van der Waals surface area contributed by atoms with Gasteiger partial charge in [0.1, 0.15) is 21.8 Å². The van der Waals surface area contributed by atoms with Crippen LogP contribution in [-0.4, -0.2) is 22.6 Å². The Morgan fingerprint density at radius 3 is 2.73 bits per heavy atom. The Labute approximate surface area is 166 Å². The van der Waals surface area contributed by atoms with E-state index in [4.69, 9.17) is 27.9 Å². The molecule has 6 heteroatoms. The summed E-state index contributed by atoms with van der Waals surface area (Å²) in [5.74, 6) is -0.0770. The topological polar surface area (TPSA) is 46.5 Å². The summed E-state index contributed by atoms with van der Waals surface area (Å²) in [5, 5.41) is 10.8. The minimum Gasteiger partial charge on any atom is -0.508 e. The molecule has 0 aliphatic carbocycles. The Kier molecular flexibility index (Phi) is 4.43. The molecule has 2 unspecified atom stereocenters. The molecule has 26 heavy (non-hydrogen) atoms. The number of aliphatic hydroxyl groups is 1. The number of benzene rings is 1. The van der Waals surface area contributed by atoms with E-state index in [0.717, 1.165) is 28.7 Å². The van der Waals surface area contributed by atoms with Crippen molar-refractivity contribution in [3.63, 3.8) is 0 Å². The smallest absolute Gasteiger partial charge is 0.195 e. The van der Waals surface area contributed by atoms with Crippen LogP contribution in [0.15, 0.2) is 30.0 Å². The van der Waals surface area contributed by atoms with E-state index in [1.54, 1.807) is 0 Å². The minimum absolute atomic E-state index is 0.0512. The van der Waals surface area contributed by atoms with Gasteiger partial charge in [-0.1, -0.05) is 48.3 Å². The number of aliphatic hydroxyl groups excluding tert-OH is 1. The zero-order chi connectivity index (χ0) is 18.6. The lowest BCUT2D eigenvalue weighted by atomic mass is 9.87. The van der Waals surface area contributed by atoms with Crippen LogP contribution in [0, 0.1) is 0 Å². The van der Waals surface area contributed by atoms with Gasteiger partial charge in [-0.15, -0.1) is 11.3 Å². The van der Waals surface area contributed by atoms with Crippen LogP contribution in [0.2, 0.25) is 8.67 Å². The summed E-state index contributed by atoms with van der Waals surface area (Å²) in [7, 11) is 0. The van der Waals surface area contributed by atoms with Crippen molar-refractivity contribution < 1.29 is 14.6 Å². The number of carbonyl (C=O) groups is 1. The highest BCUT2D eigenvalue weighted by Crippen LogP contribution is 2.46. The molecule has 2 bridgehead atoms. The fourth-order valence-corrected chi connectivity index (χ4v) is 5.34. The number of halogens is 2. The second-order valence-corrected chi connectivity index (χ2v) is 9.21. The lowest BCUT2D eigenvalue weighted by Gasteiger charge is -2.31. The van der Waals surface area contributed by atoms with E-state index < -0.39 is 11.7 Å². The van der Waals surface area contributed by atoms with Gasteiger partial charge < -0.3 is 9.84 Å². The van der Waals surface area contributed by atoms with E-state index in [9.17, 15) is 9.90 Å². The maximum atomic E-state index is 12.8. The third-order valence-electron chi connectivity index (χ3n) is 5.29. The normalized spacial score (nSPS) is 25.2. The lowest BCUT2D eigenvalue weighted by molar-refractivity contribution is -0.130. The van der Waals surface area contributed by atoms with Crippen LogP contribution in [0.1, 0.15) is 37.8 Å². The second-order valence-electron chi connectivity index (χ2n) is 6.93. The van der Waals surface area contributed by atoms with Crippen molar-refractivity contribution in [1.29, 1.82) is 0 Å². The van der Waals surface area contributed by atoms with Gasteiger partial charge in [0.25, 0.3) is 0 Å². The Morgan fingerprint density at radius 2 is 2.08 bits per heavy atom. The molecule has 4 rings (SSSR count). The molecule has 1 fully saturated rings. The number of fused-ring (bicyclic) bond motifs is 2. The maximum absolute atomic E-state index is 12.8. The van der Waals surface area contributed by atoms with Crippen molar-refractivity contribution >= 4 is 45.9 Å². The summed E-state index contributed by atoms with van der Waals surface area (Å²) in [6, 6.07) is 7.69. The Bertz CT molecular complexity index is 947. The molecule has 1 saturated heterocycles. The van der Waals surface area contributed by atoms with E-state index in [-0.39, 0.29) is 11.5 Å². The number of rotatable bonds is 3. The van der Waals surface area contributed by atoms with Crippen molar-refractivity contribution in [2.24, 2.45) is 0 Å². The summed E-state index contributed by atoms with van der Waals surface area (Å²) >= 11 is 13.7. The highest BCUT2D eigenvalue weighted by molar-refractivity contribution is 7.20. The van der Waals surface area contributed by atoms with Crippen molar-refractivity contribution in [3.8, 4) is 11.1 Å². The van der Waals surface area contributed by atoms with Crippen LogP contribution < -0.4 is 0 Å². The molecule has 1 aromatic carbocycles. The van der Waals surface area contributed by atoms with Gasteiger partial charge in [0.05, 0.1) is 9.91 Å². The van der Waals surface area contributed by atoms with Gasteiger partial charge in [0.15, 0.2) is 5.78 Å². The van der Waals surface area contributed by atoms with Gasteiger partial charge in [-0.25, -0.2) is 0 Å². The predicted octanol–water partition coefficient (Wildman–Crippen LogP) is 6.07. The third-order valence-corrected chi connectivity index (χ3v) is 6.77. The first-order valence-corrected chi connectivity index (χ1v) is 10.2. The highest BCUT2D eigenvalue weighted by Gasteiger charge is 2.50. The Hall–Kier alpha value is -1.33. The quantitative estimate of drug-likeness (QED) is 0.669. The molecular formula is C20H18Cl2O3S. The molecule has 136 valence electrons. The molecule has 0 saturated carbocycles. The summed E-state index contributed by atoms with van der Waals surface area (Å²) in [5.41, 5.74) is 3.23. The second kappa shape index (κ2) is 6.38. The highest BCUT2D eigenvalue weighted by atomic mass is 35.5. The molecule has 2 aromatic rings. The standard InChI is InChI=1S/C20H18Cl2O3S/c1-3-10-8-11(13-9-15(21)26-19(13)22)4-5-12(10)16-17(23)14-6-7-20(2,25-14)18(16)24/h4-5,8-9,14,24H,3,6-7H2,1-2H3. The molecule has 1 N–H and O–H groups in total. The molecule has 0 radical (unpaired) electrons. The van der Waals surface area contributed by atoms with Gasteiger partial charge in [0.2, 0.25) is 0 Å². The van der Waals surface area contributed by atoms with E-state index in [1.165, 1.54) is 11.3 Å². The van der Waals surface area contributed by atoms with Crippen molar-refractivity contribution in [3.05, 3.63) is 49.8 Å². The number of hydrogen-bond acceptors (Lipinski definition) is 4. The summed E-state index contributed by atoms with van der Waals surface area (Å²) < 4.78 is 7.03. The molecule has 1 aromatic heterocycles. The van der Waals surface area contributed by atoms with E-state index in [1.807, 2.05) is 38.1 Å². The third kappa shape index (κ3) is 2.71. The lowest BCUT2D eigenvalue weighted by Crippen LogP contribution is -2.37. The van der Waals surface area contributed by atoms with Gasteiger partial charge in [-0.2, -0.15) is 0 Å². The number of thiophene rings is 1. The van der Waals surface area contributed by atoms with E-state index >= 15 is 0 Å². The van der Waals surface area contributed by atoms with Crippen LogP contribution >= 0.6 is 34.5 Å². The van der Waals surface area contributed by atoms with E-state index in [0.29, 0.717) is 27.1 Å². The average molecular weight is 409 g/mol. The van der Waals surface area contributed by atoms with Gasteiger partial charge in [-0.3, -0.25) is 4.79 Å². The fraction of sp³-hybridized carbons (Fsp3) is 0.350. The minimum atomic E-state index is -0.762. The molecule has 0 spiro atoms.